The first kappa shape index (κ1) is 9.28. The number of aliphatic hydroxyl groups excluding tert-OH is 1. The highest BCUT2D eigenvalue weighted by atomic mass is 79.9. The number of furan rings is 1. The van der Waals surface area contributed by atoms with Crippen molar-refractivity contribution in [3.05, 3.63) is 22.6 Å². The average molecular weight is 245 g/mol. The van der Waals surface area contributed by atoms with E-state index < -0.39 is 0 Å². The maximum Gasteiger partial charge on any atom is 0.174 e. The lowest BCUT2D eigenvalue weighted by Gasteiger charge is -2.07. The molecule has 2 nitrogen and oxygen atoms in total. The van der Waals surface area contributed by atoms with Gasteiger partial charge in [-0.15, -0.1) is 0 Å². The Morgan fingerprint density at radius 2 is 2.38 bits per heavy atom. The molecule has 2 rings (SSSR count). The zero-order valence-electron chi connectivity index (χ0n) is 7.37. The second-order valence-electron chi connectivity index (χ2n) is 3.69. The fourth-order valence-corrected chi connectivity index (χ4v) is 2.00. The number of hydrogen-bond donors (Lipinski definition) is 1. The molecule has 1 fully saturated rings. The zero-order valence-corrected chi connectivity index (χ0v) is 8.96. The van der Waals surface area contributed by atoms with Gasteiger partial charge in [-0.3, -0.25) is 0 Å². The van der Waals surface area contributed by atoms with Gasteiger partial charge in [0, 0.05) is 5.56 Å². The summed E-state index contributed by atoms with van der Waals surface area (Å²) in [6.07, 6.45) is 5.91. The van der Waals surface area contributed by atoms with E-state index in [4.69, 9.17) is 4.42 Å². The van der Waals surface area contributed by atoms with Gasteiger partial charge in [0.15, 0.2) is 4.67 Å². The van der Waals surface area contributed by atoms with Gasteiger partial charge in [-0.2, -0.15) is 0 Å². The highest BCUT2D eigenvalue weighted by molar-refractivity contribution is 9.10. The van der Waals surface area contributed by atoms with E-state index in [1.807, 2.05) is 6.07 Å². The minimum atomic E-state index is -0.367. The Labute approximate surface area is 86.1 Å². The molecule has 1 aromatic rings. The molecule has 0 bridgehead atoms. The summed E-state index contributed by atoms with van der Waals surface area (Å²) in [7, 11) is 0. The lowest BCUT2D eigenvalue weighted by molar-refractivity contribution is 0.160. The molecule has 1 aliphatic carbocycles. The Hall–Kier alpha value is -0.280. The third kappa shape index (κ3) is 2.35. The van der Waals surface area contributed by atoms with Crippen LogP contribution in [-0.2, 0) is 0 Å². The van der Waals surface area contributed by atoms with Crippen LogP contribution in [0.4, 0.5) is 0 Å². The molecule has 1 atom stereocenters. The maximum absolute atomic E-state index is 9.78. The zero-order chi connectivity index (χ0) is 9.26. The Bertz CT molecular complexity index is 278. The molecule has 1 aliphatic rings. The second-order valence-corrected chi connectivity index (χ2v) is 4.41. The molecule has 0 radical (unpaired) electrons. The molecule has 0 saturated heterocycles. The van der Waals surface area contributed by atoms with E-state index >= 15 is 0 Å². The summed E-state index contributed by atoms with van der Waals surface area (Å²) in [5, 5.41) is 9.78. The molecule has 1 heterocycles. The van der Waals surface area contributed by atoms with Crippen LogP contribution in [0, 0.1) is 5.92 Å². The number of aliphatic hydroxyl groups is 1. The Morgan fingerprint density at radius 1 is 1.62 bits per heavy atom. The Morgan fingerprint density at radius 3 is 2.92 bits per heavy atom. The molecule has 1 unspecified atom stereocenters. The molecule has 13 heavy (non-hydrogen) atoms. The fourth-order valence-electron chi connectivity index (χ4n) is 1.50. The van der Waals surface area contributed by atoms with Gasteiger partial charge in [-0.25, -0.2) is 0 Å². The van der Waals surface area contributed by atoms with Crippen LogP contribution in [-0.4, -0.2) is 5.11 Å². The van der Waals surface area contributed by atoms with Gasteiger partial charge in [-0.1, -0.05) is 12.8 Å². The van der Waals surface area contributed by atoms with Gasteiger partial charge in [0.25, 0.3) is 0 Å². The van der Waals surface area contributed by atoms with Crippen molar-refractivity contribution < 1.29 is 9.52 Å². The average Bonchev–Trinajstić information content (AvgIpc) is 2.84. The Kier molecular flexibility index (Phi) is 2.74. The van der Waals surface area contributed by atoms with Gasteiger partial charge in [0.1, 0.15) is 0 Å². The van der Waals surface area contributed by atoms with E-state index in [9.17, 15) is 5.11 Å². The molecular formula is C10H13BrO2. The van der Waals surface area contributed by atoms with Crippen molar-refractivity contribution in [3.8, 4) is 0 Å². The summed E-state index contributed by atoms with van der Waals surface area (Å²) in [6, 6.07) is 1.82. The monoisotopic (exact) mass is 244 g/mol. The number of rotatable bonds is 4. The van der Waals surface area contributed by atoms with Crippen LogP contribution in [0.2, 0.25) is 0 Å². The van der Waals surface area contributed by atoms with Gasteiger partial charge >= 0.3 is 0 Å². The largest absolute Gasteiger partial charge is 0.457 e. The number of hydrogen-bond acceptors (Lipinski definition) is 2. The van der Waals surface area contributed by atoms with E-state index in [0.717, 1.165) is 24.3 Å². The second kappa shape index (κ2) is 3.84. The quantitative estimate of drug-likeness (QED) is 0.883. The first-order valence-corrected chi connectivity index (χ1v) is 5.47. The summed E-state index contributed by atoms with van der Waals surface area (Å²) >= 11 is 3.26. The summed E-state index contributed by atoms with van der Waals surface area (Å²) in [5.74, 6) is 0.875. The van der Waals surface area contributed by atoms with Crippen LogP contribution in [0.1, 0.15) is 37.4 Å². The van der Waals surface area contributed by atoms with E-state index in [-0.39, 0.29) is 6.10 Å². The topological polar surface area (TPSA) is 33.4 Å². The molecule has 1 N–H and O–H groups in total. The van der Waals surface area contributed by atoms with Crippen molar-refractivity contribution in [1.82, 2.24) is 0 Å². The van der Waals surface area contributed by atoms with Crippen LogP contribution in [0.5, 0.6) is 0 Å². The fraction of sp³-hybridized carbons (Fsp3) is 0.600. The molecular weight excluding hydrogens is 232 g/mol. The third-order valence-corrected chi connectivity index (χ3v) is 3.20. The first-order chi connectivity index (χ1) is 6.27. The smallest absolute Gasteiger partial charge is 0.174 e. The predicted molar refractivity (Wildman–Crippen MR) is 53.3 cm³/mol. The number of halogens is 1. The molecule has 0 spiro atoms. The van der Waals surface area contributed by atoms with Crippen molar-refractivity contribution in [3.63, 3.8) is 0 Å². The molecule has 1 saturated carbocycles. The molecule has 0 aliphatic heterocycles. The van der Waals surface area contributed by atoms with Crippen LogP contribution >= 0.6 is 15.9 Å². The molecule has 0 amide bonds. The van der Waals surface area contributed by atoms with Crippen LogP contribution in [0.15, 0.2) is 21.4 Å². The molecule has 1 aromatic heterocycles. The van der Waals surface area contributed by atoms with E-state index in [1.54, 1.807) is 6.26 Å². The lowest BCUT2D eigenvalue weighted by Crippen LogP contribution is -1.96. The normalized spacial score (nSPS) is 18.9. The van der Waals surface area contributed by atoms with E-state index in [2.05, 4.69) is 15.9 Å². The van der Waals surface area contributed by atoms with Crippen molar-refractivity contribution in [1.29, 1.82) is 0 Å². The highest BCUT2D eigenvalue weighted by Gasteiger charge is 2.23. The summed E-state index contributed by atoms with van der Waals surface area (Å²) in [5.41, 5.74) is 0.876. The minimum Gasteiger partial charge on any atom is -0.457 e. The van der Waals surface area contributed by atoms with Crippen LogP contribution in [0.25, 0.3) is 0 Å². The molecule has 0 aromatic carbocycles. The summed E-state index contributed by atoms with van der Waals surface area (Å²) in [4.78, 5) is 0. The SMILES string of the molecule is OC(CCC1CC1)c1ccoc1Br. The maximum atomic E-state index is 9.78. The molecule has 72 valence electrons. The standard InChI is InChI=1S/C10H13BrO2/c11-10-8(5-6-13-10)9(12)4-3-7-1-2-7/h5-7,9,12H,1-4H2. The van der Waals surface area contributed by atoms with E-state index in [0.29, 0.717) is 4.67 Å². The third-order valence-electron chi connectivity index (χ3n) is 2.55. The van der Waals surface area contributed by atoms with Crippen molar-refractivity contribution in [2.24, 2.45) is 5.92 Å². The summed E-state index contributed by atoms with van der Waals surface area (Å²) in [6.45, 7) is 0. The Balaban J connectivity index is 1.88. The minimum absolute atomic E-state index is 0.367. The highest BCUT2D eigenvalue weighted by Crippen LogP contribution is 2.37. The molecule has 3 heteroatoms. The van der Waals surface area contributed by atoms with Gasteiger partial charge < -0.3 is 9.52 Å². The van der Waals surface area contributed by atoms with Crippen molar-refractivity contribution in [2.75, 3.05) is 0 Å². The van der Waals surface area contributed by atoms with Crippen molar-refractivity contribution >= 4 is 15.9 Å². The van der Waals surface area contributed by atoms with Gasteiger partial charge in [0.05, 0.1) is 12.4 Å². The van der Waals surface area contributed by atoms with Gasteiger partial charge in [0.2, 0.25) is 0 Å². The van der Waals surface area contributed by atoms with Crippen LogP contribution < -0.4 is 0 Å². The lowest BCUT2D eigenvalue weighted by atomic mass is 10.1. The summed E-state index contributed by atoms with van der Waals surface area (Å²) < 4.78 is 5.73. The van der Waals surface area contributed by atoms with Crippen LogP contribution in [0.3, 0.4) is 0 Å². The van der Waals surface area contributed by atoms with Crippen molar-refractivity contribution in [2.45, 2.75) is 31.8 Å². The predicted octanol–water partition coefficient (Wildman–Crippen LogP) is 3.27. The van der Waals surface area contributed by atoms with Gasteiger partial charge in [-0.05, 0) is 40.8 Å². The first-order valence-electron chi connectivity index (χ1n) is 4.68. The van der Waals surface area contributed by atoms with E-state index in [1.165, 1.54) is 12.8 Å².